The largest absolute Gasteiger partial charge is 0.207 e. The topological polar surface area (TPSA) is 0 Å². The van der Waals surface area contributed by atoms with E-state index in [9.17, 15) is 4.39 Å². The molecular weight excluding hydrogens is 235 g/mol. The summed E-state index contributed by atoms with van der Waals surface area (Å²) in [6, 6.07) is 6.80. The van der Waals surface area contributed by atoms with E-state index in [2.05, 4.69) is 32.6 Å². The Balaban J connectivity index is 2.34. The number of aryl methyl sites for hydroxylation is 1. The van der Waals surface area contributed by atoms with Crippen LogP contribution in [0.15, 0.2) is 60.2 Å². The molecule has 1 aromatic rings. The summed E-state index contributed by atoms with van der Waals surface area (Å²) >= 11 is 0. The monoisotopic (exact) mass is 258 g/mol. The molecule has 1 heteroatoms. The highest BCUT2D eigenvalue weighted by Gasteiger charge is 1.97. The molecule has 0 fully saturated rings. The van der Waals surface area contributed by atoms with Crippen molar-refractivity contribution in [1.29, 1.82) is 0 Å². The molecule has 0 saturated carbocycles. The van der Waals surface area contributed by atoms with Gasteiger partial charge < -0.3 is 0 Å². The van der Waals surface area contributed by atoms with Crippen LogP contribution in [-0.2, 0) is 6.42 Å². The highest BCUT2D eigenvalue weighted by molar-refractivity contribution is 5.27. The molecule has 0 atom stereocenters. The zero-order chi connectivity index (χ0) is 14.1. The minimum Gasteiger partial charge on any atom is -0.207 e. The van der Waals surface area contributed by atoms with Crippen molar-refractivity contribution in [2.45, 2.75) is 39.5 Å². The van der Waals surface area contributed by atoms with Crippen LogP contribution in [0.4, 0.5) is 4.39 Å². The average Bonchev–Trinajstić information content (AvgIpc) is 2.43. The minimum atomic E-state index is -0.162. The van der Waals surface area contributed by atoms with Gasteiger partial charge in [-0.15, -0.1) is 0 Å². The molecule has 0 aromatic heterocycles. The summed E-state index contributed by atoms with van der Waals surface area (Å²) in [5.41, 5.74) is 3.77. The van der Waals surface area contributed by atoms with Gasteiger partial charge in [0, 0.05) is 0 Å². The van der Waals surface area contributed by atoms with Gasteiger partial charge in [0.1, 0.15) is 5.82 Å². The first-order valence-electron chi connectivity index (χ1n) is 6.86. The van der Waals surface area contributed by atoms with E-state index in [1.54, 1.807) is 0 Å². The zero-order valence-electron chi connectivity index (χ0n) is 12.0. The van der Waals surface area contributed by atoms with E-state index in [4.69, 9.17) is 0 Å². The van der Waals surface area contributed by atoms with Crippen LogP contribution in [0.2, 0.25) is 0 Å². The molecule has 19 heavy (non-hydrogen) atoms. The van der Waals surface area contributed by atoms with Gasteiger partial charge in [-0.1, -0.05) is 48.1 Å². The summed E-state index contributed by atoms with van der Waals surface area (Å²) in [4.78, 5) is 0. The Morgan fingerprint density at radius 1 is 1.21 bits per heavy atom. The number of allylic oxidation sites excluding steroid dienone is 5. The fourth-order valence-electron chi connectivity index (χ4n) is 1.96. The molecule has 0 aliphatic carbocycles. The highest BCUT2D eigenvalue weighted by atomic mass is 19.1. The van der Waals surface area contributed by atoms with Crippen molar-refractivity contribution in [1.82, 2.24) is 0 Å². The number of hydrogen-bond acceptors (Lipinski definition) is 0. The van der Waals surface area contributed by atoms with Gasteiger partial charge in [0.2, 0.25) is 0 Å². The van der Waals surface area contributed by atoms with Gasteiger partial charge in [-0.3, -0.25) is 0 Å². The molecule has 1 aromatic carbocycles. The molecule has 0 N–H and O–H groups in total. The third kappa shape index (κ3) is 6.19. The minimum absolute atomic E-state index is 0.162. The Kier molecular flexibility index (Phi) is 6.88. The van der Waals surface area contributed by atoms with Gasteiger partial charge in [-0.05, 0) is 57.2 Å². The highest BCUT2D eigenvalue weighted by Crippen LogP contribution is 2.14. The maximum Gasteiger partial charge on any atom is 0.123 e. The van der Waals surface area contributed by atoms with Crippen molar-refractivity contribution in [3.63, 3.8) is 0 Å². The van der Waals surface area contributed by atoms with Crippen molar-refractivity contribution in [3.8, 4) is 0 Å². The second kappa shape index (κ2) is 8.47. The van der Waals surface area contributed by atoms with Gasteiger partial charge in [-0.25, -0.2) is 4.39 Å². The first-order valence-corrected chi connectivity index (χ1v) is 6.86. The zero-order valence-corrected chi connectivity index (χ0v) is 12.0. The number of benzene rings is 1. The first kappa shape index (κ1) is 15.4. The van der Waals surface area contributed by atoms with Crippen molar-refractivity contribution < 1.29 is 4.39 Å². The normalized spacial score (nSPS) is 12.6. The number of unbranched alkanes of at least 4 members (excludes halogenated alkanes) is 1. The van der Waals surface area contributed by atoms with Crippen molar-refractivity contribution >= 4 is 0 Å². The van der Waals surface area contributed by atoms with Crippen LogP contribution in [0.3, 0.4) is 0 Å². The maximum atomic E-state index is 12.8. The Morgan fingerprint density at radius 2 is 1.89 bits per heavy atom. The van der Waals surface area contributed by atoms with Gasteiger partial charge in [0.05, 0.1) is 0 Å². The molecular formula is C18H23F. The Morgan fingerprint density at radius 3 is 2.47 bits per heavy atom. The molecule has 0 amide bonds. The third-order valence-electron chi connectivity index (χ3n) is 3.20. The molecule has 102 valence electrons. The van der Waals surface area contributed by atoms with Crippen LogP contribution >= 0.6 is 0 Å². The van der Waals surface area contributed by atoms with Gasteiger partial charge in [0.25, 0.3) is 0 Å². The van der Waals surface area contributed by atoms with Crippen molar-refractivity contribution in [2.75, 3.05) is 0 Å². The molecule has 0 bridgehead atoms. The number of halogens is 1. The lowest BCUT2D eigenvalue weighted by Crippen LogP contribution is -1.88. The Labute approximate surface area is 116 Å². The predicted octanol–water partition coefficient (Wildman–Crippen LogP) is 5.62. The molecule has 0 unspecified atom stereocenters. The summed E-state index contributed by atoms with van der Waals surface area (Å²) in [5.74, 6) is -0.162. The Bertz CT molecular complexity index is 449. The van der Waals surface area contributed by atoms with E-state index in [1.807, 2.05) is 18.2 Å². The quantitative estimate of drug-likeness (QED) is 0.440. The van der Waals surface area contributed by atoms with Crippen LogP contribution in [-0.4, -0.2) is 0 Å². The standard InChI is InChI=1S/C18H23F/c1-4-15(3)14-16(5-2)8-6-7-9-17-10-12-18(19)13-11-17/h4-5,10-14H,1,6-9H2,2-3H3/b15-14-,16-5-. The maximum absolute atomic E-state index is 12.8. The lowest BCUT2D eigenvalue weighted by molar-refractivity contribution is 0.626. The summed E-state index contributed by atoms with van der Waals surface area (Å²) in [5, 5.41) is 0. The van der Waals surface area contributed by atoms with Crippen LogP contribution in [0.1, 0.15) is 38.7 Å². The summed E-state index contributed by atoms with van der Waals surface area (Å²) in [6.45, 7) is 7.90. The fraction of sp³-hybridized carbons (Fsp3) is 0.333. The second-order valence-electron chi connectivity index (χ2n) is 4.79. The SMILES string of the molecule is C=C/C(C)=C\C(=C/C)CCCCc1ccc(F)cc1. The first-order chi connectivity index (χ1) is 9.15. The Hall–Kier alpha value is -1.63. The van der Waals surface area contributed by atoms with Gasteiger partial charge in [-0.2, -0.15) is 0 Å². The average molecular weight is 258 g/mol. The number of hydrogen-bond donors (Lipinski definition) is 0. The van der Waals surface area contributed by atoms with Crippen LogP contribution in [0.25, 0.3) is 0 Å². The van der Waals surface area contributed by atoms with E-state index in [-0.39, 0.29) is 5.82 Å². The van der Waals surface area contributed by atoms with Crippen LogP contribution in [0, 0.1) is 5.82 Å². The van der Waals surface area contributed by atoms with E-state index < -0.39 is 0 Å². The van der Waals surface area contributed by atoms with E-state index >= 15 is 0 Å². The summed E-state index contributed by atoms with van der Waals surface area (Å²) in [7, 11) is 0. The van der Waals surface area contributed by atoms with Gasteiger partial charge >= 0.3 is 0 Å². The number of rotatable bonds is 7. The molecule has 0 heterocycles. The summed E-state index contributed by atoms with van der Waals surface area (Å²) < 4.78 is 12.8. The fourth-order valence-corrected chi connectivity index (χ4v) is 1.96. The lowest BCUT2D eigenvalue weighted by Gasteiger charge is -2.04. The molecule has 0 spiro atoms. The predicted molar refractivity (Wildman–Crippen MR) is 81.7 cm³/mol. The molecule has 0 saturated heterocycles. The lowest BCUT2D eigenvalue weighted by atomic mass is 10.0. The van der Waals surface area contributed by atoms with Crippen molar-refractivity contribution in [3.05, 3.63) is 71.6 Å². The van der Waals surface area contributed by atoms with E-state index in [0.29, 0.717) is 0 Å². The van der Waals surface area contributed by atoms with Crippen LogP contribution in [0.5, 0.6) is 0 Å². The third-order valence-corrected chi connectivity index (χ3v) is 3.20. The van der Waals surface area contributed by atoms with E-state index in [0.717, 1.165) is 25.7 Å². The molecule has 1 rings (SSSR count). The molecule has 0 nitrogen and oxygen atoms in total. The van der Waals surface area contributed by atoms with Crippen molar-refractivity contribution in [2.24, 2.45) is 0 Å². The molecule has 0 aliphatic heterocycles. The molecule has 0 aliphatic rings. The molecule has 0 radical (unpaired) electrons. The van der Waals surface area contributed by atoms with Gasteiger partial charge in [0.15, 0.2) is 0 Å². The van der Waals surface area contributed by atoms with E-state index in [1.165, 1.54) is 28.8 Å². The smallest absolute Gasteiger partial charge is 0.123 e. The van der Waals surface area contributed by atoms with Crippen LogP contribution < -0.4 is 0 Å². The summed E-state index contributed by atoms with van der Waals surface area (Å²) in [6.07, 6.45) is 10.6. The second-order valence-corrected chi connectivity index (χ2v) is 4.79.